The highest BCUT2D eigenvalue weighted by molar-refractivity contribution is 5.46. The van der Waals surface area contributed by atoms with Crippen molar-refractivity contribution in [2.45, 2.75) is 32.7 Å². The molecule has 0 amide bonds. The summed E-state index contributed by atoms with van der Waals surface area (Å²) < 4.78 is 5.53. The van der Waals surface area contributed by atoms with E-state index in [1.54, 1.807) is 6.26 Å². The van der Waals surface area contributed by atoms with Gasteiger partial charge in [0, 0.05) is 37.8 Å². The van der Waals surface area contributed by atoms with Gasteiger partial charge in [0.1, 0.15) is 6.26 Å². The number of hydrogen-bond donors (Lipinski definition) is 0. The summed E-state index contributed by atoms with van der Waals surface area (Å²) in [5, 5.41) is 0. The summed E-state index contributed by atoms with van der Waals surface area (Å²) in [5.41, 5.74) is 2.38. The minimum Gasteiger partial charge on any atom is -0.448 e. The van der Waals surface area contributed by atoms with Crippen LogP contribution in [0.3, 0.4) is 0 Å². The molecule has 0 radical (unpaired) electrons. The zero-order valence-corrected chi connectivity index (χ0v) is 14.4. The number of nitrogens with zero attached hydrogens (tertiary/aromatic N) is 3. The average molecular weight is 313 g/mol. The molecule has 0 unspecified atom stereocenters. The fraction of sp³-hybridized carbons (Fsp3) is 0.526. The van der Waals surface area contributed by atoms with Crippen molar-refractivity contribution in [1.29, 1.82) is 0 Å². The molecule has 1 fully saturated rings. The third kappa shape index (κ3) is 4.14. The van der Waals surface area contributed by atoms with Crippen molar-refractivity contribution in [2.24, 2.45) is 5.92 Å². The van der Waals surface area contributed by atoms with Gasteiger partial charge in [0.25, 0.3) is 0 Å². The van der Waals surface area contributed by atoms with Gasteiger partial charge < -0.3 is 14.2 Å². The molecule has 0 spiro atoms. The molecule has 2 aromatic rings. The zero-order chi connectivity index (χ0) is 16.2. The molecule has 1 aromatic heterocycles. The van der Waals surface area contributed by atoms with Crippen molar-refractivity contribution < 1.29 is 4.42 Å². The van der Waals surface area contributed by atoms with Gasteiger partial charge in [-0.25, -0.2) is 4.98 Å². The maximum Gasteiger partial charge on any atom is 0.196 e. The lowest BCUT2D eigenvalue weighted by molar-refractivity contribution is 0.276. The topological polar surface area (TPSA) is 32.5 Å². The standard InChI is InChI=1S/C19H27N3O/c1-15(2)19-20-17(14-23-19)13-21(3)11-16-9-10-22(12-16)18-7-5-4-6-8-18/h4-8,14-16H,9-13H2,1-3H3/t16-/m0/s1. The van der Waals surface area contributed by atoms with E-state index in [2.05, 4.69) is 66.0 Å². The Balaban J connectivity index is 1.49. The number of aromatic nitrogens is 1. The normalized spacial score (nSPS) is 18.3. The Bertz CT molecular complexity index is 608. The summed E-state index contributed by atoms with van der Waals surface area (Å²) in [4.78, 5) is 9.42. The zero-order valence-electron chi connectivity index (χ0n) is 14.4. The molecular formula is C19H27N3O. The molecule has 4 nitrogen and oxygen atoms in total. The van der Waals surface area contributed by atoms with E-state index >= 15 is 0 Å². The van der Waals surface area contributed by atoms with Crippen LogP contribution in [-0.2, 0) is 6.54 Å². The van der Waals surface area contributed by atoms with Crippen molar-refractivity contribution in [3.63, 3.8) is 0 Å². The van der Waals surface area contributed by atoms with E-state index < -0.39 is 0 Å². The van der Waals surface area contributed by atoms with Crippen LogP contribution in [0.1, 0.15) is 37.8 Å². The van der Waals surface area contributed by atoms with Crippen LogP contribution in [0.5, 0.6) is 0 Å². The number of rotatable bonds is 6. The molecule has 3 rings (SSSR count). The van der Waals surface area contributed by atoms with Crippen LogP contribution in [0.4, 0.5) is 5.69 Å². The van der Waals surface area contributed by atoms with Gasteiger partial charge in [0.2, 0.25) is 0 Å². The molecule has 1 aromatic carbocycles. The molecule has 124 valence electrons. The van der Waals surface area contributed by atoms with E-state index in [-0.39, 0.29) is 0 Å². The van der Waals surface area contributed by atoms with Crippen LogP contribution >= 0.6 is 0 Å². The third-order valence-corrected chi connectivity index (χ3v) is 4.47. The van der Waals surface area contributed by atoms with Gasteiger partial charge in [-0.15, -0.1) is 0 Å². The molecule has 2 heterocycles. The molecule has 1 atom stereocenters. The summed E-state index contributed by atoms with van der Waals surface area (Å²) in [5.74, 6) is 1.91. The number of para-hydroxylation sites is 1. The summed E-state index contributed by atoms with van der Waals surface area (Å²) in [7, 11) is 2.18. The Morgan fingerprint density at radius 1 is 1.30 bits per heavy atom. The second-order valence-corrected chi connectivity index (χ2v) is 6.96. The first-order valence-electron chi connectivity index (χ1n) is 8.54. The van der Waals surface area contributed by atoms with Crippen LogP contribution in [0.15, 0.2) is 41.0 Å². The van der Waals surface area contributed by atoms with Crippen molar-refractivity contribution in [2.75, 3.05) is 31.6 Å². The van der Waals surface area contributed by atoms with Crippen LogP contribution in [0.25, 0.3) is 0 Å². The van der Waals surface area contributed by atoms with Gasteiger partial charge in [0.05, 0.1) is 5.69 Å². The van der Waals surface area contributed by atoms with Gasteiger partial charge in [-0.1, -0.05) is 32.0 Å². The van der Waals surface area contributed by atoms with Gasteiger partial charge in [-0.05, 0) is 31.5 Å². The highest BCUT2D eigenvalue weighted by Crippen LogP contribution is 2.24. The predicted octanol–water partition coefficient (Wildman–Crippen LogP) is 3.76. The smallest absolute Gasteiger partial charge is 0.196 e. The third-order valence-electron chi connectivity index (χ3n) is 4.47. The fourth-order valence-electron chi connectivity index (χ4n) is 3.30. The molecule has 0 N–H and O–H groups in total. The SMILES string of the molecule is CC(C)c1nc(CN(C)C[C@@H]2CCN(c3ccccc3)C2)co1. The first-order chi connectivity index (χ1) is 11.1. The van der Waals surface area contributed by atoms with E-state index in [1.165, 1.54) is 12.1 Å². The lowest BCUT2D eigenvalue weighted by Crippen LogP contribution is -2.28. The van der Waals surface area contributed by atoms with E-state index in [4.69, 9.17) is 4.42 Å². The van der Waals surface area contributed by atoms with E-state index in [1.807, 2.05) is 0 Å². The van der Waals surface area contributed by atoms with E-state index in [9.17, 15) is 0 Å². The molecular weight excluding hydrogens is 286 g/mol. The second-order valence-electron chi connectivity index (χ2n) is 6.96. The number of oxazole rings is 1. The van der Waals surface area contributed by atoms with Gasteiger partial charge >= 0.3 is 0 Å². The van der Waals surface area contributed by atoms with Crippen LogP contribution < -0.4 is 4.90 Å². The Kier molecular flexibility index (Phi) is 5.01. The van der Waals surface area contributed by atoms with Gasteiger partial charge in [-0.2, -0.15) is 0 Å². The maximum atomic E-state index is 5.53. The molecule has 0 bridgehead atoms. The lowest BCUT2D eigenvalue weighted by Gasteiger charge is -2.21. The largest absolute Gasteiger partial charge is 0.448 e. The van der Waals surface area contributed by atoms with Crippen molar-refractivity contribution in [3.8, 4) is 0 Å². The summed E-state index contributed by atoms with van der Waals surface area (Å²) in [6.07, 6.45) is 3.06. The van der Waals surface area contributed by atoms with Crippen LogP contribution in [0.2, 0.25) is 0 Å². The van der Waals surface area contributed by atoms with Crippen LogP contribution in [0, 0.1) is 5.92 Å². The molecule has 1 aliphatic rings. The number of hydrogen-bond acceptors (Lipinski definition) is 4. The molecule has 1 saturated heterocycles. The second kappa shape index (κ2) is 7.18. The molecule has 4 heteroatoms. The summed E-state index contributed by atoms with van der Waals surface area (Å²) >= 11 is 0. The first kappa shape index (κ1) is 16.1. The summed E-state index contributed by atoms with van der Waals surface area (Å²) in [6.45, 7) is 8.48. The highest BCUT2D eigenvalue weighted by Gasteiger charge is 2.24. The van der Waals surface area contributed by atoms with E-state index in [0.717, 1.165) is 43.7 Å². The predicted molar refractivity (Wildman–Crippen MR) is 93.7 cm³/mol. The van der Waals surface area contributed by atoms with Gasteiger partial charge in [-0.3, -0.25) is 0 Å². The summed E-state index contributed by atoms with van der Waals surface area (Å²) in [6, 6.07) is 10.7. The number of anilines is 1. The van der Waals surface area contributed by atoms with Crippen molar-refractivity contribution in [3.05, 3.63) is 48.2 Å². The Morgan fingerprint density at radius 2 is 2.09 bits per heavy atom. The highest BCUT2D eigenvalue weighted by atomic mass is 16.3. The first-order valence-corrected chi connectivity index (χ1v) is 8.54. The minimum atomic E-state index is 0.350. The maximum absolute atomic E-state index is 5.53. The lowest BCUT2D eigenvalue weighted by atomic mass is 10.1. The number of benzene rings is 1. The fourth-order valence-corrected chi connectivity index (χ4v) is 3.30. The Hall–Kier alpha value is -1.81. The average Bonchev–Trinajstić information content (AvgIpc) is 3.18. The van der Waals surface area contributed by atoms with Crippen molar-refractivity contribution in [1.82, 2.24) is 9.88 Å². The molecule has 23 heavy (non-hydrogen) atoms. The quantitative estimate of drug-likeness (QED) is 0.813. The molecule has 0 saturated carbocycles. The Labute approximate surface area is 139 Å². The monoisotopic (exact) mass is 313 g/mol. The minimum absolute atomic E-state index is 0.350. The molecule has 0 aliphatic carbocycles. The van der Waals surface area contributed by atoms with Gasteiger partial charge in [0.15, 0.2) is 5.89 Å². The van der Waals surface area contributed by atoms with Crippen LogP contribution in [-0.4, -0.2) is 36.6 Å². The Morgan fingerprint density at radius 3 is 2.78 bits per heavy atom. The molecule has 1 aliphatic heterocycles. The van der Waals surface area contributed by atoms with Crippen molar-refractivity contribution >= 4 is 5.69 Å². The van der Waals surface area contributed by atoms with E-state index in [0.29, 0.717) is 5.92 Å².